The number of nitrogens with zero attached hydrogens (tertiary/aromatic N) is 4. The van der Waals surface area contributed by atoms with Crippen LogP contribution >= 0.6 is 0 Å². The third kappa shape index (κ3) is 1.11. The van der Waals surface area contributed by atoms with Gasteiger partial charge >= 0.3 is 0 Å². The van der Waals surface area contributed by atoms with Crippen molar-refractivity contribution in [2.24, 2.45) is 0 Å². The van der Waals surface area contributed by atoms with Crippen molar-refractivity contribution in [1.82, 2.24) is 25.0 Å². The zero-order valence-electron chi connectivity index (χ0n) is 8.27. The van der Waals surface area contributed by atoms with Gasteiger partial charge in [0.25, 0.3) is 5.56 Å². The lowest BCUT2D eigenvalue weighted by molar-refractivity contribution is 0.591. The molecular weight excluding hydrogens is 182 g/mol. The van der Waals surface area contributed by atoms with E-state index in [1.54, 1.807) is 0 Å². The van der Waals surface area contributed by atoms with Crippen molar-refractivity contribution in [2.45, 2.75) is 26.8 Å². The molecule has 74 valence electrons. The summed E-state index contributed by atoms with van der Waals surface area (Å²) >= 11 is 0. The second-order valence-electron chi connectivity index (χ2n) is 3.44. The zero-order valence-corrected chi connectivity index (χ0v) is 8.27. The van der Waals surface area contributed by atoms with Gasteiger partial charge in [-0.15, -0.1) is 5.10 Å². The van der Waals surface area contributed by atoms with Crippen molar-refractivity contribution in [3.8, 4) is 0 Å². The minimum Gasteiger partial charge on any atom is -0.309 e. The second-order valence-corrected chi connectivity index (χ2v) is 3.44. The lowest BCUT2D eigenvalue weighted by Crippen LogP contribution is -2.11. The molecule has 2 heterocycles. The number of aromatic nitrogens is 5. The number of hydrogen-bond donors (Lipinski definition) is 1. The van der Waals surface area contributed by atoms with Gasteiger partial charge in [-0.25, -0.2) is 10.1 Å². The van der Waals surface area contributed by atoms with E-state index in [1.165, 1.54) is 0 Å². The minimum absolute atomic E-state index is 0.219. The first-order valence-electron chi connectivity index (χ1n) is 4.41. The molecule has 2 aromatic rings. The third-order valence-electron chi connectivity index (χ3n) is 2.09. The van der Waals surface area contributed by atoms with Crippen LogP contribution in [-0.4, -0.2) is 25.0 Å². The lowest BCUT2D eigenvalue weighted by Gasteiger charge is -2.08. The second kappa shape index (κ2) is 2.90. The Morgan fingerprint density at radius 1 is 1.43 bits per heavy atom. The quantitative estimate of drug-likeness (QED) is 0.711. The van der Waals surface area contributed by atoms with Gasteiger partial charge in [-0.1, -0.05) is 5.21 Å². The van der Waals surface area contributed by atoms with Crippen LogP contribution < -0.4 is 5.56 Å². The third-order valence-corrected chi connectivity index (χ3v) is 2.09. The Hall–Kier alpha value is -1.72. The molecule has 14 heavy (non-hydrogen) atoms. The molecule has 0 aliphatic carbocycles. The van der Waals surface area contributed by atoms with Crippen LogP contribution in [0, 0.1) is 6.92 Å². The van der Waals surface area contributed by atoms with Crippen molar-refractivity contribution < 1.29 is 0 Å². The molecule has 2 rings (SSSR count). The Bertz CT molecular complexity index is 524. The van der Waals surface area contributed by atoms with E-state index in [-0.39, 0.29) is 11.6 Å². The molecule has 0 saturated heterocycles. The average molecular weight is 193 g/mol. The predicted octanol–water partition coefficient (Wildman–Crippen LogP) is 0.404. The summed E-state index contributed by atoms with van der Waals surface area (Å²) in [5.74, 6) is 0.779. The SMILES string of the molecule is Cc1nc2c(=O)[nH]nnc2n1C(C)C. The molecule has 0 saturated carbocycles. The van der Waals surface area contributed by atoms with Crippen LogP contribution in [0.15, 0.2) is 4.79 Å². The predicted molar refractivity (Wildman–Crippen MR) is 51.1 cm³/mol. The standard InChI is InChI=1S/C8H11N5O/c1-4(2)13-5(3)9-6-7(13)10-12-11-8(6)14/h4H,1-3H3,(H,10,11,14). The Labute approximate surface area is 80.0 Å². The van der Waals surface area contributed by atoms with E-state index in [9.17, 15) is 4.79 Å². The normalized spacial score (nSPS) is 11.4. The fourth-order valence-corrected chi connectivity index (χ4v) is 1.57. The van der Waals surface area contributed by atoms with Crippen molar-refractivity contribution >= 4 is 11.2 Å². The first kappa shape index (κ1) is 8.86. The van der Waals surface area contributed by atoms with Crippen LogP contribution in [0.25, 0.3) is 11.2 Å². The summed E-state index contributed by atoms with van der Waals surface area (Å²) in [4.78, 5) is 15.5. The molecule has 1 N–H and O–H groups in total. The number of aromatic amines is 1. The van der Waals surface area contributed by atoms with Crippen LogP contribution in [0.3, 0.4) is 0 Å². The first-order valence-corrected chi connectivity index (χ1v) is 4.41. The lowest BCUT2D eigenvalue weighted by atomic mass is 10.4. The highest BCUT2D eigenvalue weighted by Crippen LogP contribution is 2.14. The van der Waals surface area contributed by atoms with Gasteiger partial charge in [-0.3, -0.25) is 4.79 Å². The Balaban J connectivity index is 2.91. The van der Waals surface area contributed by atoms with E-state index in [1.807, 2.05) is 25.3 Å². The Kier molecular flexibility index (Phi) is 1.83. The highest BCUT2D eigenvalue weighted by Gasteiger charge is 2.13. The number of imidazole rings is 1. The van der Waals surface area contributed by atoms with Crippen molar-refractivity contribution in [1.29, 1.82) is 0 Å². The van der Waals surface area contributed by atoms with Gasteiger partial charge in [0.2, 0.25) is 0 Å². The number of H-pyrrole nitrogens is 1. The summed E-state index contributed by atoms with van der Waals surface area (Å²) in [7, 11) is 0. The highest BCUT2D eigenvalue weighted by atomic mass is 16.1. The number of fused-ring (bicyclic) bond motifs is 1. The first-order chi connectivity index (χ1) is 6.61. The molecule has 0 unspecified atom stereocenters. The molecule has 0 aliphatic heterocycles. The molecule has 0 aromatic carbocycles. The molecule has 0 fully saturated rings. The van der Waals surface area contributed by atoms with E-state index in [2.05, 4.69) is 20.4 Å². The van der Waals surface area contributed by atoms with Crippen LogP contribution in [0.2, 0.25) is 0 Å². The van der Waals surface area contributed by atoms with Gasteiger partial charge in [0.1, 0.15) is 5.82 Å². The van der Waals surface area contributed by atoms with Gasteiger partial charge in [0.15, 0.2) is 11.2 Å². The summed E-state index contributed by atoms with van der Waals surface area (Å²) in [6.07, 6.45) is 0. The molecule has 0 amide bonds. The Morgan fingerprint density at radius 2 is 2.14 bits per heavy atom. The van der Waals surface area contributed by atoms with Crippen molar-refractivity contribution in [3.63, 3.8) is 0 Å². The summed E-state index contributed by atoms with van der Waals surface area (Å²) < 4.78 is 1.89. The van der Waals surface area contributed by atoms with Crippen molar-refractivity contribution in [3.05, 3.63) is 16.2 Å². The fraction of sp³-hybridized carbons (Fsp3) is 0.500. The van der Waals surface area contributed by atoms with Crippen LogP contribution in [0.4, 0.5) is 0 Å². The topological polar surface area (TPSA) is 76.5 Å². The number of nitrogens with one attached hydrogen (secondary N) is 1. The fourth-order valence-electron chi connectivity index (χ4n) is 1.57. The molecule has 0 atom stereocenters. The maximum Gasteiger partial charge on any atom is 0.295 e. The number of aryl methyl sites for hydroxylation is 1. The molecule has 0 bridgehead atoms. The largest absolute Gasteiger partial charge is 0.309 e. The summed E-state index contributed by atoms with van der Waals surface area (Å²) in [5.41, 5.74) is 0.602. The monoisotopic (exact) mass is 193 g/mol. The zero-order chi connectivity index (χ0) is 10.3. The maximum absolute atomic E-state index is 11.3. The highest BCUT2D eigenvalue weighted by molar-refractivity contribution is 5.69. The Morgan fingerprint density at radius 3 is 2.79 bits per heavy atom. The maximum atomic E-state index is 11.3. The van der Waals surface area contributed by atoms with Gasteiger partial charge in [-0.05, 0) is 20.8 Å². The van der Waals surface area contributed by atoms with E-state index in [4.69, 9.17) is 0 Å². The van der Waals surface area contributed by atoms with E-state index < -0.39 is 0 Å². The molecule has 2 aromatic heterocycles. The molecular formula is C8H11N5O. The van der Waals surface area contributed by atoms with Crippen molar-refractivity contribution in [2.75, 3.05) is 0 Å². The minimum atomic E-state index is -0.294. The van der Waals surface area contributed by atoms with Gasteiger partial charge in [0.05, 0.1) is 0 Å². The van der Waals surface area contributed by atoms with E-state index in [0.717, 1.165) is 5.82 Å². The van der Waals surface area contributed by atoms with Crippen LogP contribution in [0.1, 0.15) is 25.7 Å². The van der Waals surface area contributed by atoms with E-state index >= 15 is 0 Å². The van der Waals surface area contributed by atoms with E-state index in [0.29, 0.717) is 11.2 Å². The average Bonchev–Trinajstić information content (AvgIpc) is 2.42. The number of hydrogen-bond acceptors (Lipinski definition) is 4. The summed E-state index contributed by atoms with van der Waals surface area (Å²) in [6, 6.07) is 0.219. The molecule has 6 heteroatoms. The van der Waals surface area contributed by atoms with Gasteiger partial charge < -0.3 is 4.57 Å². The number of rotatable bonds is 1. The molecule has 0 aliphatic rings. The molecule has 6 nitrogen and oxygen atoms in total. The van der Waals surface area contributed by atoms with Crippen LogP contribution in [-0.2, 0) is 0 Å². The van der Waals surface area contributed by atoms with Gasteiger partial charge in [-0.2, -0.15) is 0 Å². The smallest absolute Gasteiger partial charge is 0.295 e. The summed E-state index contributed by atoms with van der Waals surface area (Å²) in [5, 5.41) is 9.66. The molecule has 0 radical (unpaired) electrons. The molecule has 0 spiro atoms. The van der Waals surface area contributed by atoms with Crippen LogP contribution in [0.5, 0.6) is 0 Å². The van der Waals surface area contributed by atoms with Gasteiger partial charge in [0, 0.05) is 6.04 Å². The summed E-state index contributed by atoms with van der Waals surface area (Å²) in [6.45, 7) is 5.87.